The lowest BCUT2D eigenvalue weighted by Gasteiger charge is -2.12. The number of fused-ring (bicyclic) bond motifs is 1. The molecule has 0 radical (unpaired) electrons. The molecule has 0 aliphatic rings. The van der Waals surface area contributed by atoms with E-state index in [2.05, 4.69) is 36.5 Å². The molecule has 3 aromatic carbocycles. The van der Waals surface area contributed by atoms with E-state index in [-0.39, 0.29) is 5.91 Å². The van der Waals surface area contributed by atoms with Crippen molar-refractivity contribution in [1.82, 2.24) is 10.3 Å². The van der Waals surface area contributed by atoms with Crippen LogP contribution in [0.1, 0.15) is 21.5 Å². The quantitative estimate of drug-likeness (QED) is 0.444. The Morgan fingerprint density at radius 1 is 1.00 bits per heavy atom. The number of hydrogen-bond donors (Lipinski definition) is 1. The van der Waals surface area contributed by atoms with Gasteiger partial charge in [-0.1, -0.05) is 65.9 Å². The number of methoxy groups -OCH3 is 1. The zero-order chi connectivity index (χ0) is 20.9. The molecule has 0 saturated heterocycles. The van der Waals surface area contributed by atoms with Gasteiger partial charge in [0.2, 0.25) is 0 Å². The molecule has 0 bridgehead atoms. The highest BCUT2D eigenvalue weighted by Crippen LogP contribution is 2.30. The van der Waals surface area contributed by atoms with Crippen LogP contribution in [0.25, 0.3) is 10.9 Å². The second kappa shape index (κ2) is 9.01. The lowest BCUT2D eigenvalue weighted by Crippen LogP contribution is -2.23. The molecular formula is C25H22N2O2S. The largest absolute Gasteiger partial charge is 0.496 e. The Balaban J connectivity index is 1.63. The van der Waals surface area contributed by atoms with E-state index in [1.165, 1.54) is 5.56 Å². The third kappa shape index (κ3) is 4.47. The third-order valence-corrected chi connectivity index (χ3v) is 5.74. The number of pyridine rings is 1. The number of hydrogen-bond acceptors (Lipinski definition) is 4. The molecule has 5 heteroatoms. The van der Waals surface area contributed by atoms with Crippen LogP contribution in [0.15, 0.2) is 88.8 Å². The average Bonchev–Trinajstić information content (AvgIpc) is 2.78. The highest BCUT2D eigenvalue weighted by molar-refractivity contribution is 7.99. The van der Waals surface area contributed by atoms with Crippen LogP contribution in [0.4, 0.5) is 0 Å². The van der Waals surface area contributed by atoms with E-state index in [1.807, 2.05) is 54.6 Å². The zero-order valence-corrected chi connectivity index (χ0v) is 17.7. The summed E-state index contributed by atoms with van der Waals surface area (Å²) in [7, 11) is 1.63. The van der Waals surface area contributed by atoms with Crippen LogP contribution in [-0.4, -0.2) is 18.0 Å². The molecule has 30 heavy (non-hydrogen) atoms. The number of para-hydroxylation sites is 2. The van der Waals surface area contributed by atoms with Gasteiger partial charge >= 0.3 is 0 Å². The molecule has 0 fully saturated rings. The van der Waals surface area contributed by atoms with E-state index in [0.717, 1.165) is 32.1 Å². The fraction of sp³-hybridized carbons (Fsp3) is 0.120. The maximum atomic E-state index is 13.1. The van der Waals surface area contributed by atoms with Crippen LogP contribution < -0.4 is 10.1 Å². The van der Waals surface area contributed by atoms with Crippen molar-refractivity contribution in [1.29, 1.82) is 0 Å². The number of aromatic nitrogens is 1. The van der Waals surface area contributed by atoms with E-state index in [9.17, 15) is 4.79 Å². The second-order valence-corrected chi connectivity index (χ2v) is 8.03. The van der Waals surface area contributed by atoms with Gasteiger partial charge in [0, 0.05) is 22.4 Å². The monoisotopic (exact) mass is 414 g/mol. The minimum atomic E-state index is -0.134. The number of carbonyl (C=O) groups is 1. The topological polar surface area (TPSA) is 51.2 Å². The molecule has 0 saturated carbocycles. The van der Waals surface area contributed by atoms with Gasteiger partial charge in [-0.25, -0.2) is 4.98 Å². The Hall–Kier alpha value is -3.31. The van der Waals surface area contributed by atoms with Gasteiger partial charge in [-0.15, -0.1) is 0 Å². The first-order valence-corrected chi connectivity index (χ1v) is 10.5. The first kappa shape index (κ1) is 20.0. The smallest absolute Gasteiger partial charge is 0.252 e. The fourth-order valence-corrected chi connectivity index (χ4v) is 4.07. The zero-order valence-electron chi connectivity index (χ0n) is 16.9. The van der Waals surface area contributed by atoms with Crippen molar-refractivity contribution in [3.8, 4) is 5.75 Å². The summed E-state index contributed by atoms with van der Waals surface area (Å²) in [4.78, 5) is 18.9. The summed E-state index contributed by atoms with van der Waals surface area (Å²) in [5.74, 6) is 0.623. The standard InChI is InChI=1S/C25H22N2O2S/c1-17-11-13-19(14-12-17)30-24-15-21(20-8-4-5-9-22(20)27-24)25(28)26-16-18-7-3-6-10-23(18)29-2/h3-15H,16H2,1-2H3,(H,26,28). The maximum absolute atomic E-state index is 13.1. The molecule has 150 valence electrons. The van der Waals surface area contributed by atoms with E-state index >= 15 is 0 Å². The Bertz CT molecular complexity index is 1190. The lowest BCUT2D eigenvalue weighted by atomic mass is 10.1. The molecule has 4 aromatic rings. The minimum Gasteiger partial charge on any atom is -0.496 e. The van der Waals surface area contributed by atoms with E-state index in [1.54, 1.807) is 18.9 Å². The molecule has 0 spiro atoms. The molecule has 1 N–H and O–H groups in total. The summed E-state index contributed by atoms with van der Waals surface area (Å²) in [5.41, 5.74) is 3.56. The molecule has 1 heterocycles. The highest BCUT2D eigenvalue weighted by atomic mass is 32.2. The molecule has 0 aliphatic heterocycles. The van der Waals surface area contributed by atoms with Crippen LogP contribution in [0.5, 0.6) is 5.75 Å². The SMILES string of the molecule is COc1ccccc1CNC(=O)c1cc(Sc2ccc(C)cc2)nc2ccccc12. The summed E-state index contributed by atoms with van der Waals surface area (Å²) in [6.45, 7) is 2.45. The first-order chi connectivity index (χ1) is 14.6. The van der Waals surface area contributed by atoms with Crippen LogP contribution in [-0.2, 0) is 6.54 Å². The normalized spacial score (nSPS) is 10.7. The van der Waals surface area contributed by atoms with Gasteiger partial charge in [0.05, 0.1) is 18.2 Å². The number of aryl methyl sites for hydroxylation is 1. The summed E-state index contributed by atoms with van der Waals surface area (Å²) < 4.78 is 5.38. The van der Waals surface area contributed by atoms with Crippen LogP contribution >= 0.6 is 11.8 Å². The van der Waals surface area contributed by atoms with Crippen molar-refractivity contribution in [2.45, 2.75) is 23.4 Å². The highest BCUT2D eigenvalue weighted by Gasteiger charge is 2.14. The van der Waals surface area contributed by atoms with Gasteiger partial charge in [-0.3, -0.25) is 4.79 Å². The van der Waals surface area contributed by atoms with Gasteiger partial charge in [0.25, 0.3) is 5.91 Å². The van der Waals surface area contributed by atoms with Gasteiger partial charge in [-0.05, 0) is 37.3 Å². The van der Waals surface area contributed by atoms with Gasteiger partial charge < -0.3 is 10.1 Å². The third-order valence-electron chi connectivity index (χ3n) is 4.81. The summed E-state index contributed by atoms with van der Waals surface area (Å²) in [6, 6.07) is 25.6. The fourth-order valence-electron chi connectivity index (χ4n) is 3.24. The number of benzene rings is 3. The van der Waals surface area contributed by atoms with Gasteiger partial charge in [-0.2, -0.15) is 0 Å². The number of nitrogens with one attached hydrogen (secondary N) is 1. The molecule has 1 amide bonds. The molecule has 0 aliphatic carbocycles. The van der Waals surface area contributed by atoms with Crippen molar-refractivity contribution >= 4 is 28.6 Å². The van der Waals surface area contributed by atoms with E-state index in [0.29, 0.717) is 12.1 Å². The Morgan fingerprint density at radius 3 is 2.53 bits per heavy atom. The van der Waals surface area contributed by atoms with Crippen LogP contribution in [0.3, 0.4) is 0 Å². The minimum absolute atomic E-state index is 0.134. The average molecular weight is 415 g/mol. The lowest BCUT2D eigenvalue weighted by molar-refractivity contribution is 0.0952. The number of nitrogens with zero attached hydrogens (tertiary/aromatic N) is 1. The predicted molar refractivity (Wildman–Crippen MR) is 121 cm³/mol. The molecule has 0 atom stereocenters. The van der Waals surface area contributed by atoms with Crippen LogP contribution in [0.2, 0.25) is 0 Å². The van der Waals surface area contributed by atoms with Gasteiger partial charge in [0.15, 0.2) is 0 Å². The molecule has 4 rings (SSSR count). The molecule has 1 aromatic heterocycles. The summed E-state index contributed by atoms with van der Waals surface area (Å²) in [5, 5.41) is 4.65. The van der Waals surface area contributed by atoms with E-state index in [4.69, 9.17) is 9.72 Å². The van der Waals surface area contributed by atoms with Crippen molar-refractivity contribution in [2.24, 2.45) is 0 Å². The summed E-state index contributed by atoms with van der Waals surface area (Å²) >= 11 is 1.55. The number of amides is 1. The number of carbonyl (C=O) groups excluding carboxylic acids is 1. The van der Waals surface area contributed by atoms with Crippen molar-refractivity contribution < 1.29 is 9.53 Å². The van der Waals surface area contributed by atoms with Crippen molar-refractivity contribution in [3.63, 3.8) is 0 Å². The molecule has 0 unspecified atom stereocenters. The second-order valence-electron chi connectivity index (χ2n) is 6.93. The number of ether oxygens (including phenoxy) is 1. The Kier molecular flexibility index (Phi) is 6.00. The van der Waals surface area contributed by atoms with Crippen molar-refractivity contribution in [3.05, 3.63) is 95.6 Å². The Labute approximate surface area is 180 Å². The molecule has 4 nitrogen and oxygen atoms in total. The van der Waals surface area contributed by atoms with E-state index < -0.39 is 0 Å². The predicted octanol–water partition coefficient (Wildman–Crippen LogP) is 5.63. The first-order valence-electron chi connectivity index (χ1n) is 9.68. The molecular weight excluding hydrogens is 392 g/mol. The summed E-state index contributed by atoms with van der Waals surface area (Å²) in [6.07, 6.45) is 0. The Morgan fingerprint density at radius 2 is 1.73 bits per heavy atom. The maximum Gasteiger partial charge on any atom is 0.252 e. The van der Waals surface area contributed by atoms with Crippen LogP contribution in [0, 0.1) is 6.92 Å². The number of rotatable bonds is 6. The van der Waals surface area contributed by atoms with Gasteiger partial charge in [0.1, 0.15) is 10.8 Å². The van der Waals surface area contributed by atoms with Crippen molar-refractivity contribution in [2.75, 3.05) is 7.11 Å².